The first kappa shape index (κ1) is 15.2. The molecule has 1 aliphatic rings. The topological polar surface area (TPSA) is 52.6 Å². The summed E-state index contributed by atoms with van der Waals surface area (Å²) in [6.07, 6.45) is 4.14. The van der Waals surface area contributed by atoms with Crippen molar-refractivity contribution in [2.75, 3.05) is 19.8 Å². The molecule has 0 aromatic carbocycles. The van der Waals surface area contributed by atoms with Gasteiger partial charge in [0.2, 0.25) is 0 Å². The van der Waals surface area contributed by atoms with Gasteiger partial charge in [-0.1, -0.05) is 13.3 Å². The van der Waals surface area contributed by atoms with Gasteiger partial charge in [-0.25, -0.2) is 0 Å². The van der Waals surface area contributed by atoms with E-state index in [1.54, 1.807) is 6.92 Å². The van der Waals surface area contributed by atoms with Crippen molar-refractivity contribution in [2.45, 2.75) is 52.4 Å². The minimum absolute atomic E-state index is 0.200. The molecule has 0 N–H and O–H groups in total. The number of rotatable bonds is 7. The Labute approximate surface area is 109 Å². The quantitative estimate of drug-likeness (QED) is 0.519. The van der Waals surface area contributed by atoms with E-state index < -0.39 is 5.41 Å². The van der Waals surface area contributed by atoms with Gasteiger partial charge in [0.1, 0.15) is 5.78 Å². The van der Waals surface area contributed by atoms with Gasteiger partial charge < -0.3 is 9.47 Å². The van der Waals surface area contributed by atoms with Gasteiger partial charge >= 0.3 is 5.97 Å². The molecule has 0 spiro atoms. The van der Waals surface area contributed by atoms with Crippen LogP contribution in [0.4, 0.5) is 0 Å². The number of esters is 1. The molecule has 0 radical (unpaired) electrons. The predicted octanol–water partition coefficient (Wildman–Crippen LogP) is 2.50. The number of unbranched alkanes of at least 4 members (excludes halogenated alkanes) is 1. The van der Waals surface area contributed by atoms with Gasteiger partial charge in [-0.15, -0.1) is 0 Å². The molecule has 1 aliphatic carbocycles. The average molecular weight is 256 g/mol. The second-order valence-corrected chi connectivity index (χ2v) is 4.95. The molecule has 104 valence electrons. The van der Waals surface area contributed by atoms with Crippen LogP contribution in [0.15, 0.2) is 0 Å². The number of hydrogen-bond acceptors (Lipinski definition) is 4. The van der Waals surface area contributed by atoms with Gasteiger partial charge in [0, 0.05) is 19.4 Å². The molecule has 0 atom stereocenters. The normalized spacial score (nSPS) is 18.7. The SMILES string of the molecule is CCCCOCC1(C(=O)OCC)CCC(=O)CC1. The lowest BCUT2D eigenvalue weighted by Gasteiger charge is -2.33. The highest BCUT2D eigenvalue weighted by Gasteiger charge is 2.43. The first-order valence-corrected chi connectivity index (χ1v) is 6.91. The van der Waals surface area contributed by atoms with Crippen molar-refractivity contribution in [1.29, 1.82) is 0 Å². The van der Waals surface area contributed by atoms with Crippen LogP contribution in [0, 0.1) is 5.41 Å². The summed E-state index contributed by atoms with van der Waals surface area (Å²) in [5, 5.41) is 0. The fraction of sp³-hybridized carbons (Fsp3) is 0.857. The fourth-order valence-electron chi connectivity index (χ4n) is 2.21. The lowest BCUT2D eigenvalue weighted by molar-refractivity contribution is -0.163. The van der Waals surface area contributed by atoms with Crippen LogP contribution >= 0.6 is 0 Å². The minimum atomic E-state index is -0.586. The van der Waals surface area contributed by atoms with Gasteiger partial charge in [-0.05, 0) is 26.2 Å². The maximum atomic E-state index is 12.1. The summed E-state index contributed by atoms with van der Waals surface area (Å²) in [6, 6.07) is 0. The highest BCUT2D eigenvalue weighted by molar-refractivity contribution is 5.84. The molecular weight excluding hydrogens is 232 g/mol. The number of carbonyl (C=O) groups excluding carboxylic acids is 2. The highest BCUT2D eigenvalue weighted by atomic mass is 16.5. The molecular formula is C14H24O4. The summed E-state index contributed by atoms with van der Waals surface area (Å²) in [6.45, 7) is 5.34. The van der Waals surface area contributed by atoms with Gasteiger partial charge in [0.15, 0.2) is 0 Å². The van der Waals surface area contributed by atoms with Crippen LogP contribution in [0.1, 0.15) is 52.4 Å². The molecule has 0 amide bonds. The van der Waals surface area contributed by atoms with Crippen LogP contribution in [0.2, 0.25) is 0 Å². The van der Waals surface area contributed by atoms with E-state index in [9.17, 15) is 9.59 Å². The third kappa shape index (κ3) is 4.09. The van der Waals surface area contributed by atoms with Crippen molar-refractivity contribution in [1.82, 2.24) is 0 Å². The maximum Gasteiger partial charge on any atom is 0.314 e. The van der Waals surface area contributed by atoms with Crippen LogP contribution in [0.5, 0.6) is 0 Å². The Kier molecular flexibility index (Phi) is 6.33. The largest absolute Gasteiger partial charge is 0.465 e. The fourth-order valence-corrected chi connectivity index (χ4v) is 2.21. The number of ketones is 1. The summed E-state index contributed by atoms with van der Waals surface area (Å²) in [5.41, 5.74) is -0.586. The maximum absolute atomic E-state index is 12.1. The number of carbonyl (C=O) groups is 2. The van der Waals surface area contributed by atoms with E-state index in [4.69, 9.17) is 9.47 Å². The van der Waals surface area contributed by atoms with Crippen LogP contribution in [0.25, 0.3) is 0 Å². The van der Waals surface area contributed by atoms with E-state index in [1.165, 1.54) is 0 Å². The van der Waals surface area contributed by atoms with Crippen molar-refractivity contribution < 1.29 is 19.1 Å². The van der Waals surface area contributed by atoms with Crippen molar-refractivity contribution in [3.8, 4) is 0 Å². The average Bonchev–Trinajstić information content (AvgIpc) is 2.37. The molecule has 0 unspecified atom stereocenters. The molecule has 18 heavy (non-hydrogen) atoms. The Balaban J connectivity index is 2.56. The number of Topliss-reactive ketones (excluding diaryl/α,β-unsaturated/α-hetero) is 1. The molecule has 1 saturated carbocycles. The molecule has 0 heterocycles. The second kappa shape index (κ2) is 7.52. The van der Waals surface area contributed by atoms with Gasteiger partial charge in [-0.2, -0.15) is 0 Å². The lowest BCUT2D eigenvalue weighted by Crippen LogP contribution is -2.41. The Morgan fingerprint density at radius 1 is 1.28 bits per heavy atom. The van der Waals surface area contributed by atoms with Gasteiger partial charge in [-0.3, -0.25) is 9.59 Å². The third-order valence-corrected chi connectivity index (χ3v) is 3.49. The lowest BCUT2D eigenvalue weighted by atomic mass is 9.74. The Morgan fingerprint density at radius 3 is 2.50 bits per heavy atom. The van der Waals surface area contributed by atoms with Crippen LogP contribution < -0.4 is 0 Å². The first-order valence-electron chi connectivity index (χ1n) is 6.91. The number of hydrogen-bond donors (Lipinski definition) is 0. The van der Waals surface area contributed by atoms with Crippen LogP contribution in [-0.4, -0.2) is 31.6 Å². The summed E-state index contributed by atoms with van der Waals surface area (Å²) in [5.74, 6) is 0.0393. The highest BCUT2D eigenvalue weighted by Crippen LogP contribution is 2.36. The van der Waals surface area contributed by atoms with Crippen molar-refractivity contribution >= 4 is 11.8 Å². The minimum Gasteiger partial charge on any atom is -0.465 e. The molecule has 0 aliphatic heterocycles. The zero-order valence-electron chi connectivity index (χ0n) is 11.5. The van der Waals surface area contributed by atoms with E-state index in [0.717, 1.165) is 12.8 Å². The molecule has 1 rings (SSSR count). The zero-order valence-corrected chi connectivity index (χ0v) is 11.5. The molecule has 1 fully saturated rings. The summed E-state index contributed by atoms with van der Waals surface area (Å²) in [4.78, 5) is 23.4. The van der Waals surface area contributed by atoms with E-state index in [0.29, 0.717) is 45.5 Å². The first-order chi connectivity index (χ1) is 8.64. The van der Waals surface area contributed by atoms with Gasteiger partial charge in [0.05, 0.1) is 18.6 Å². The summed E-state index contributed by atoms with van der Waals surface area (Å²) in [7, 11) is 0. The molecule has 0 saturated heterocycles. The molecule has 4 heteroatoms. The molecule has 0 aromatic rings. The monoisotopic (exact) mass is 256 g/mol. The summed E-state index contributed by atoms with van der Waals surface area (Å²) >= 11 is 0. The Morgan fingerprint density at radius 2 is 1.94 bits per heavy atom. The molecule has 0 aromatic heterocycles. The standard InChI is InChI=1S/C14H24O4/c1-3-5-10-17-11-14(13(16)18-4-2)8-6-12(15)7-9-14/h3-11H2,1-2H3. The number of ether oxygens (including phenoxy) is 2. The van der Waals surface area contributed by atoms with E-state index >= 15 is 0 Å². The molecule has 0 bridgehead atoms. The Hall–Kier alpha value is -0.900. The second-order valence-electron chi connectivity index (χ2n) is 4.95. The van der Waals surface area contributed by atoms with Crippen LogP contribution in [0.3, 0.4) is 0 Å². The van der Waals surface area contributed by atoms with E-state index in [-0.39, 0.29) is 11.8 Å². The zero-order chi connectivity index (χ0) is 13.4. The van der Waals surface area contributed by atoms with E-state index in [1.807, 2.05) is 0 Å². The third-order valence-electron chi connectivity index (χ3n) is 3.49. The van der Waals surface area contributed by atoms with Crippen molar-refractivity contribution in [3.63, 3.8) is 0 Å². The smallest absolute Gasteiger partial charge is 0.314 e. The van der Waals surface area contributed by atoms with E-state index in [2.05, 4.69) is 6.92 Å². The Bertz CT molecular complexity index is 276. The summed E-state index contributed by atoms with van der Waals surface area (Å²) < 4.78 is 10.8. The van der Waals surface area contributed by atoms with Crippen LogP contribution in [-0.2, 0) is 19.1 Å². The van der Waals surface area contributed by atoms with Crippen molar-refractivity contribution in [3.05, 3.63) is 0 Å². The van der Waals surface area contributed by atoms with Gasteiger partial charge in [0.25, 0.3) is 0 Å². The predicted molar refractivity (Wildman–Crippen MR) is 68.3 cm³/mol. The molecule has 4 nitrogen and oxygen atoms in total. The van der Waals surface area contributed by atoms with Crippen molar-refractivity contribution in [2.24, 2.45) is 5.41 Å².